The first kappa shape index (κ1) is 14.3. The van der Waals surface area contributed by atoms with Gasteiger partial charge in [-0.1, -0.05) is 18.2 Å². The van der Waals surface area contributed by atoms with E-state index < -0.39 is 11.7 Å². The van der Waals surface area contributed by atoms with Gasteiger partial charge in [0.1, 0.15) is 18.1 Å². The van der Waals surface area contributed by atoms with Crippen LogP contribution in [0.4, 0.5) is 13.2 Å². The Morgan fingerprint density at radius 1 is 1.05 bits per heavy atom. The van der Waals surface area contributed by atoms with Crippen LogP contribution in [0, 0.1) is 0 Å². The van der Waals surface area contributed by atoms with E-state index in [0.717, 1.165) is 6.07 Å². The van der Waals surface area contributed by atoms with Crippen LogP contribution in [-0.2, 0) is 12.8 Å². The smallest absolute Gasteiger partial charge is 0.419 e. The number of aromatic hydroxyl groups is 1. The van der Waals surface area contributed by atoms with E-state index in [2.05, 4.69) is 4.98 Å². The first-order valence-corrected chi connectivity index (χ1v) is 6.54. The zero-order valence-electron chi connectivity index (χ0n) is 11.3. The van der Waals surface area contributed by atoms with Crippen molar-refractivity contribution in [2.24, 2.45) is 0 Å². The Kier molecular flexibility index (Phi) is 3.44. The topological polar surface area (TPSA) is 45.2 Å². The summed E-state index contributed by atoms with van der Waals surface area (Å²) in [5, 5.41) is 10.3. The standard InChI is InChI=1S/C16H12F3NO2/c17-16(18,19)12-4-1-2-7-15(12)22-9-10-8-11-13(20-10)5-3-6-14(11)21/h1-8,20-21H,9H2. The van der Waals surface area contributed by atoms with Crippen molar-refractivity contribution in [1.82, 2.24) is 4.98 Å². The number of para-hydroxylation sites is 1. The van der Waals surface area contributed by atoms with Gasteiger partial charge in [-0.2, -0.15) is 13.2 Å². The van der Waals surface area contributed by atoms with Crippen LogP contribution < -0.4 is 4.74 Å². The third-order valence-electron chi connectivity index (χ3n) is 3.27. The van der Waals surface area contributed by atoms with Gasteiger partial charge in [0, 0.05) is 10.9 Å². The number of benzene rings is 2. The maximum absolute atomic E-state index is 12.9. The highest BCUT2D eigenvalue weighted by atomic mass is 19.4. The molecule has 0 bridgehead atoms. The number of H-pyrrole nitrogens is 1. The maximum Gasteiger partial charge on any atom is 0.419 e. The normalized spacial score (nSPS) is 11.8. The number of hydrogen-bond donors (Lipinski definition) is 2. The number of phenolic OH excluding ortho intramolecular Hbond substituents is 1. The van der Waals surface area contributed by atoms with Gasteiger partial charge in [0.05, 0.1) is 11.3 Å². The number of ether oxygens (including phenoxy) is 1. The molecule has 0 saturated heterocycles. The monoisotopic (exact) mass is 307 g/mol. The zero-order valence-corrected chi connectivity index (χ0v) is 11.3. The molecule has 0 saturated carbocycles. The van der Waals surface area contributed by atoms with E-state index in [1.807, 2.05) is 0 Å². The molecule has 2 N–H and O–H groups in total. The van der Waals surface area contributed by atoms with Crippen molar-refractivity contribution in [3.05, 3.63) is 59.8 Å². The van der Waals surface area contributed by atoms with Gasteiger partial charge in [-0.15, -0.1) is 0 Å². The van der Waals surface area contributed by atoms with Crippen molar-refractivity contribution in [3.8, 4) is 11.5 Å². The van der Waals surface area contributed by atoms with Crippen LogP contribution in [0.15, 0.2) is 48.5 Å². The highest BCUT2D eigenvalue weighted by Crippen LogP contribution is 2.36. The summed E-state index contributed by atoms with van der Waals surface area (Å²) in [4.78, 5) is 3.00. The number of halogens is 3. The quantitative estimate of drug-likeness (QED) is 0.750. The van der Waals surface area contributed by atoms with Gasteiger partial charge >= 0.3 is 6.18 Å². The Balaban J connectivity index is 1.84. The molecule has 0 unspecified atom stereocenters. The molecule has 0 fully saturated rings. The molecule has 3 aromatic rings. The molecule has 0 aliphatic carbocycles. The molecule has 1 aromatic heterocycles. The van der Waals surface area contributed by atoms with E-state index >= 15 is 0 Å². The van der Waals surface area contributed by atoms with Crippen molar-refractivity contribution in [3.63, 3.8) is 0 Å². The summed E-state index contributed by atoms with van der Waals surface area (Å²) in [6.45, 7) is -0.0544. The van der Waals surface area contributed by atoms with Crippen molar-refractivity contribution >= 4 is 10.9 Å². The Bertz CT molecular complexity index is 809. The Hall–Kier alpha value is -2.63. The van der Waals surface area contributed by atoms with E-state index in [4.69, 9.17) is 4.74 Å². The molecule has 0 amide bonds. The van der Waals surface area contributed by atoms with Crippen LogP contribution in [0.25, 0.3) is 10.9 Å². The predicted molar refractivity (Wildman–Crippen MR) is 75.7 cm³/mol. The van der Waals surface area contributed by atoms with Crippen molar-refractivity contribution in [2.45, 2.75) is 12.8 Å². The first-order chi connectivity index (χ1) is 10.4. The lowest BCUT2D eigenvalue weighted by Gasteiger charge is -2.13. The van der Waals surface area contributed by atoms with Gasteiger partial charge in [0.15, 0.2) is 0 Å². The van der Waals surface area contributed by atoms with E-state index in [-0.39, 0.29) is 18.1 Å². The highest BCUT2D eigenvalue weighted by molar-refractivity contribution is 5.86. The minimum atomic E-state index is -4.46. The molecule has 114 valence electrons. The van der Waals surface area contributed by atoms with Crippen LogP contribution >= 0.6 is 0 Å². The summed E-state index contributed by atoms with van der Waals surface area (Å²) in [6.07, 6.45) is -4.46. The van der Waals surface area contributed by atoms with Gasteiger partial charge in [-0.05, 0) is 30.3 Å². The molecule has 0 spiro atoms. The van der Waals surface area contributed by atoms with Gasteiger partial charge < -0.3 is 14.8 Å². The van der Waals surface area contributed by atoms with E-state index in [9.17, 15) is 18.3 Å². The fourth-order valence-corrected chi connectivity index (χ4v) is 2.26. The van der Waals surface area contributed by atoms with Crippen LogP contribution in [0.3, 0.4) is 0 Å². The Labute approximate surface area is 124 Å². The molecule has 6 heteroatoms. The lowest BCUT2D eigenvalue weighted by molar-refractivity contribution is -0.139. The second kappa shape index (κ2) is 5.29. The molecule has 3 rings (SSSR count). The molecule has 0 aliphatic heterocycles. The van der Waals surface area contributed by atoms with Crippen LogP contribution in [0.1, 0.15) is 11.3 Å². The fourth-order valence-electron chi connectivity index (χ4n) is 2.26. The minimum absolute atomic E-state index is 0.0544. The second-order valence-electron chi connectivity index (χ2n) is 4.82. The molecule has 2 aromatic carbocycles. The minimum Gasteiger partial charge on any atom is -0.507 e. The van der Waals surface area contributed by atoms with Gasteiger partial charge in [0.2, 0.25) is 0 Å². The fraction of sp³-hybridized carbons (Fsp3) is 0.125. The number of aromatic nitrogens is 1. The van der Waals surface area contributed by atoms with E-state index in [1.165, 1.54) is 18.2 Å². The average Bonchev–Trinajstić information content (AvgIpc) is 2.89. The third-order valence-corrected chi connectivity index (χ3v) is 3.27. The van der Waals surface area contributed by atoms with E-state index in [0.29, 0.717) is 16.6 Å². The predicted octanol–water partition coefficient (Wildman–Crippen LogP) is 4.47. The van der Waals surface area contributed by atoms with Gasteiger partial charge in [0.25, 0.3) is 0 Å². The summed E-state index contributed by atoms with van der Waals surface area (Å²) in [5.41, 5.74) is 0.463. The SMILES string of the molecule is Oc1cccc2[nH]c(COc3ccccc3C(F)(F)F)cc12. The molecular formula is C16H12F3NO2. The highest BCUT2D eigenvalue weighted by Gasteiger charge is 2.34. The Morgan fingerprint density at radius 3 is 2.55 bits per heavy atom. The molecule has 0 aliphatic rings. The van der Waals surface area contributed by atoms with Crippen molar-refractivity contribution in [2.75, 3.05) is 0 Å². The zero-order chi connectivity index (χ0) is 15.7. The summed E-state index contributed by atoms with van der Waals surface area (Å²) in [7, 11) is 0. The summed E-state index contributed by atoms with van der Waals surface area (Å²) in [6, 6.07) is 11.7. The molecular weight excluding hydrogens is 295 g/mol. The van der Waals surface area contributed by atoms with E-state index in [1.54, 1.807) is 24.3 Å². The van der Waals surface area contributed by atoms with Gasteiger partial charge in [-0.3, -0.25) is 0 Å². The number of aromatic amines is 1. The summed E-state index contributed by atoms with van der Waals surface area (Å²) < 4.78 is 43.9. The second-order valence-corrected chi connectivity index (χ2v) is 4.82. The average molecular weight is 307 g/mol. The van der Waals surface area contributed by atoms with Crippen LogP contribution in [0.2, 0.25) is 0 Å². The first-order valence-electron chi connectivity index (χ1n) is 6.54. The number of rotatable bonds is 3. The molecule has 1 heterocycles. The lowest BCUT2D eigenvalue weighted by Crippen LogP contribution is -2.08. The molecule has 22 heavy (non-hydrogen) atoms. The number of fused-ring (bicyclic) bond motifs is 1. The molecule has 0 radical (unpaired) electrons. The van der Waals surface area contributed by atoms with Crippen molar-refractivity contribution in [1.29, 1.82) is 0 Å². The lowest BCUT2D eigenvalue weighted by atomic mass is 10.2. The summed E-state index contributed by atoms with van der Waals surface area (Å²) >= 11 is 0. The largest absolute Gasteiger partial charge is 0.507 e. The van der Waals surface area contributed by atoms with Crippen molar-refractivity contribution < 1.29 is 23.0 Å². The third kappa shape index (κ3) is 2.72. The summed E-state index contributed by atoms with van der Waals surface area (Å²) in [5.74, 6) is -0.117. The Morgan fingerprint density at radius 2 is 1.82 bits per heavy atom. The van der Waals surface area contributed by atoms with Crippen LogP contribution in [0.5, 0.6) is 11.5 Å². The number of alkyl halides is 3. The number of nitrogens with one attached hydrogen (secondary N) is 1. The maximum atomic E-state index is 12.9. The number of hydrogen-bond acceptors (Lipinski definition) is 2. The molecule has 3 nitrogen and oxygen atoms in total. The molecule has 0 atom stereocenters. The van der Waals surface area contributed by atoms with Crippen LogP contribution in [-0.4, -0.2) is 10.1 Å². The van der Waals surface area contributed by atoms with Gasteiger partial charge in [-0.25, -0.2) is 0 Å². The number of phenols is 1.